The molecule has 1 aliphatic rings. The second kappa shape index (κ2) is 8.11. The minimum atomic E-state index is -0.326. The Labute approximate surface area is 148 Å². The Morgan fingerprint density at radius 1 is 1.40 bits per heavy atom. The standard InChI is InChI=1S/C18H25N5O2/c1-3-25-18(24)20-16-5-4-10-23(13-16)12-15-11-22(2)21-17(15)14-6-8-19-9-7-14/h6-9,11,16H,3-5,10,12-13H2,1-2H3,(H,20,24)/t16-/m1/s1. The van der Waals surface area contributed by atoms with Gasteiger partial charge < -0.3 is 10.1 Å². The van der Waals surface area contributed by atoms with Gasteiger partial charge in [-0.1, -0.05) is 0 Å². The van der Waals surface area contributed by atoms with Crippen molar-refractivity contribution in [2.45, 2.75) is 32.4 Å². The van der Waals surface area contributed by atoms with Gasteiger partial charge in [-0.15, -0.1) is 0 Å². The van der Waals surface area contributed by atoms with Gasteiger partial charge in [0, 0.05) is 55.9 Å². The van der Waals surface area contributed by atoms with Crippen molar-refractivity contribution in [1.82, 2.24) is 25.0 Å². The molecule has 2 aromatic rings. The van der Waals surface area contributed by atoms with E-state index in [1.807, 2.05) is 30.8 Å². The molecule has 3 rings (SSSR count). The van der Waals surface area contributed by atoms with Gasteiger partial charge in [-0.2, -0.15) is 5.10 Å². The number of hydrogen-bond donors (Lipinski definition) is 1. The number of likely N-dealkylation sites (tertiary alicyclic amines) is 1. The summed E-state index contributed by atoms with van der Waals surface area (Å²) in [5, 5.41) is 7.57. The molecule has 7 heteroatoms. The molecule has 0 radical (unpaired) electrons. The maximum absolute atomic E-state index is 11.6. The van der Waals surface area contributed by atoms with E-state index in [1.165, 1.54) is 5.56 Å². The van der Waals surface area contributed by atoms with Crippen LogP contribution in [0.5, 0.6) is 0 Å². The number of nitrogens with one attached hydrogen (secondary N) is 1. The summed E-state index contributed by atoms with van der Waals surface area (Å²) >= 11 is 0. The number of carbonyl (C=O) groups is 1. The van der Waals surface area contributed by atoms with Gasteiger partial charge in [-0.3, -0.25) is 14.6 Å². The fourth-order valence-electron chi connectivity index (χ4n) is 3.30. The largest absolute Gasteiger partial charge is 0.450 e. The fourth-order valence-corrected chi connectivity index (χ4v) is 3.30. The van der Waals surface area contributed by atoms with Crippen molar-refractivity contribution >= 4 is 6.09 Å². The van der Waals surface area contributed by atoms with Crippen LogP contribution < -0.4 is 5.32 Å². The van der Waals surface area contributed by atoms with E-state index < -0.39 is 0 Å². The van der Waals surface area contributed by atoms with Crippen LogP contribution in [0.3, 0.4) is 0 Å². The van der Waals surface area contributed by atoms with Crippen molar-refractivity contribution in [3.63, 3.8) is 0 Å². The Bertz CT molecular complexity index is 701. The van der Waals surface area contributed by atoms with Gasteiger partial charge in [-0.05, 0) is 38.4 Å². The highest BCUT2D eigenvalue weighted by Gasteiger charge is 2.23. The number of alkyl carbamates (subject to hydrolysis) is 1. The first-order valence-corrected chi connectivity index (χ1v) is 8.74. The zero-order valence-corrected chi connectivity index (χ0v) is 14.8. The molecule has 2 aromatic heterocycles. The van der Waals surface area contributed by atoms with Crippen molar-refractivity contribution in [3.05, 3.63) is 36.3 Å². The maximum Gasteiger partial charge on any atom is 0.407 e. The molecule has 0 spiro atoms. The van der Waals surface area contributed by atoms with Crippen molar-refractivity contribution in [3.8, 4) is 11.3 Å². The number of amides is 1. The maximum atomic E-state index is 11.6. The average Bonchev–Trinajstić information content (AvgIpc) is 2.96. The number of carbonyl (C=O) groups excluding carboxylic acids is 1. The molecule has 1 N–H and O–H groups in total. The normalized spacial score (nSPS) is 18.1. The van der Waals surface area contributed by atoms with Crippen LogP contribution in [0.2, 0.25) is 0 Å². The highest BCUT2D eigenvalue weighted by Crippen LogP contribution is 2.23. The van der Waals surface area contributed by atoms with Gasteiger partial charge in [0.2, 0.25) is 0 Å². The number of pyridine rings is 1. The first kappa shape index (κ1) is 17.4. The molecule has 3 heterocycles. The number of piperidine rings is 1. The molecule has 0 saturated carbocycles. The fraction of sp³-hybridized carbons (Fsp3) is 0.500. The Kier molecular flexibility index (Phi) is 5.65. The molecule has 0 aromatic carbocycles. The van der Waals surface area contributed by atoms with Gasteiger partial charge in [0.25, 0.3) is 0 Å². The number of hydrogen-bond acceptors (Lipinski definition) is 5. The topological polar surface area (TPSA) is 72.3 Å². The van der Waals surface area contributed by atoms with E-state index >= 15 is 0 Å². The molecule has 25 heavy (non-hydrogen) atoms. The predicted octanol–water partition coefficient (Wildman–Crippen LogP) is 2.19. The first-order chi connectivity index (χ1) is 12.2. The molecule has 1 fully saturated rings. The van der Waals surface area contributed by atoms with Gasteiger partial charge in [0.15, 0.2) is 0 Å². The lowest BCUT2D eigenvalue weighted by molar-refractivity contribution is 0.132. The summed E-state index contributed by atoms with van der Waals surface area (Å²) in [6.07, 6.45) is 7.36. The smallest absolute Gasteiger partial charge is 0.407 e. The number of aromatic nitrogens is 3. The molecule has 134 valence electrons. The molecule has 1 aliphatic heterocycles. The van der Waals surface area contributed by atoms with E-state index in [4.69, 9.17) is 4.74 Å². The average molecular weight is 343 g/mol. The van der Waals surface area contributed by atoms with E-state index in [0.717, 1.165) is 43.7 Å². The van der Waals surface area contributed by atoms with Crippen LogP contribution in [0.15, 0.2) is 30.7 Å². The lowest BCUT2D eigenvalue weighted by Crippen LogP contribution is -2.47. The van der Waals surface area contributed by atoms with E-state index in [0.29, 0.717) is 6.61 Å². The lowest BCUT2D eigenvalue weighted by Gasteiger charge is -2.32. The Morgan fingerprint density at radius 2 is 2.20 bits per heavy atom. The number of aryl methyl sites for hydroxylation is 1. The number of nitrogens with zero attached hydrogens (tertiary/aromatic N) is 4. The van der Waals surface area contributed by atoms with E-state index in [1.54, 1.807) is 12.4 Å². The molecule has 0 bridgehead atoms. The third-order valence-electron chi connectivity index (χ3n) is 4.36. The summed E-state index contributed by atoms with van der Waals surface area (Å²) in [5.74, 6) is 0. The molecule has 1 atom stereocenters. The molecule has 0 unspecified atom stereocenters. The molecular weight excluding hydrogens is 318 g/mol. The summed E-state index contributed by atoms with van der Waals surface area (Å²) in [7, 11) is 1.94. The van der Waals surface area contributed by atoms with Crippen LogP contribution in [0.4, 0.5) is 4.79 Å². The van der Waals surface area contributed by atoms with Crippen LogP contribution in [0.25, 0.3) is 11.3 Å². The van der Waals surface area contributed by atoms with Crippen molar-refractivity contribution < 1.29 is 9.53 Å². The third kappa shape index (κ3) is 4.57. The van der Waals surface area contributed by atoms with E-state index in [9.17, 15) is 4.79 Å². The van der Waals surface area contributed by atoms with Crippen molar-refractivity contribution in [1.29, 1.82) is 0 Å². The first-order valence-electron chi connectivity index (χ1n) is 8.74. The SMILES string of the molecule is CCOC(=O)N[C@@H]1CCCN(Cc2cn(C)nc2-c2ccncc2)C1. The quantitative estimate of drug-likeness (QED) is 0.901. The zero-order chi connectivity index (χ0) is 17.6. The molecule has 7 nitrogen and oxygen atoms in total. The predicted molar refractivity (Wildman–Crippen MR) is 94.9 cm³/mol. The summed E-state index contributed by atoms with van der Waals surface area (Å²) in [6.45, 7) is 4.87. The monoisotopic (exact) mass is 343 g/mol. The second-order valence-electron chi connectivity index (χ2n) is 6.35. The van der Waals surface area contributed by atoms with Gasteiger partial charge in [0.1, 0.15) is 0 Å². The second-order valence-corrected chi connectivity index (χ2v) is 6.35. The summed E-state index contributed by atoms with van der Waals surface area (Å²) < 4.78 is 6.84. The Balaban J connectivity index is 1.67. The number of ether oxygens (including phenoxy) is 1. The highest BCUT2D eigenvalue weighted by molar-refractivity contribution is 5.67. The van der Waals surface area contributed by atoms with Crippen LogP contribution in [-0.4, -0.2) is 51.5 Å². The molecule has 1 amide bonds. The Hall–Kier alpha value is -2.41. The summed E-state index contributed by atoms with van der Waals surface area (Å²) in [5.41, 5.74) is 3.25. The Morgan fingerprint density at radius 3 is 2.96 bits per heavy atom. The third-order valence-corrected chi connectivity index (χ3v) is 4.36. The van der Waals surface area contributed by atoms with Gasteiger partial charge >= 0.3 is 6.09 Å². The molecule has 1 saturated heterocycles. The van der Waals surface area contributed by atoms with Crippen LogP contribution in [0.1, 0.15) is 25.3 Å². The van der Waals surface area contributed by atoms with Crippen LogP contribution in [-0.2, 0) is 18.3 Å². The van der Waals surface area contributed by atoms with Gasteiger partial charge in [-0.25, -0.2) is 4.79 Å². The van der Waals surface area contributed by atoms with Crippen LogP contribution in [0, 0.1) is 0 Å². The van der Waals surface area contributed by atoms with Gasteiger partial charge in [0.05, 0.1) is 12.3 Å². The van der Waals surface area contributed by atoms with Crippen LogP contribution >= 0.6 is 0 Å². The minimum absolute atomic E-state index is 0.133. The minimum Gasteiger partial charge on any atom is -0.450 e. The zero-order valence-electron chi connectivity index (χ0n) is 14.8. The lowest BCUT2D eigenvalue weighted by atomic mass is 10.0. The number of rotatable bonds is 5. The van der Waals surface area contributed by atoms with E-state index in [-0.39, 0.29) is 12.1 Å². The summed E-state index contributed by atoms with van der Waals surface area (Å²) in [4.78, 5) is 18.1. The van der Waals surface area contributed by atoms with Crippen molar-refractivity contribution in [2.24, 2.45) is 7.05 Å². The molecule has 0 aliphatic carbocycles. The van der Waals surface area contributed by atoms with E-state index in [2.05, 4.69) is 26.5 Å². The van der Waals surface area contributed by atoms with Crippen molar-refractivity contribution in [2.75, 3.05) is 19.7 Å². The summed E-state index contributed by atoms with van der Waals surface area (Å²) in [6, 6.07) is 4.09. The highest BCUT2D eigenvalue weighted by atomic mass is 16.5. The molecular formula is C18H25N5O2.